The summed E-state index contributed by atoms with van der Waals surface area (Å²) in [5, 5.41) is 12.1. The highest BCUT2D eigenvalue weighted by Gasteiger charge is 2.24. The number of nitrogens with zero attached hydrogens (tertiary/aromatic N) is 1. The minimum absolute atomic E-state index is 0.122. The highest BCUT2D eigenvalue weighted by Crippen LogP contribution is 2.24. The van der Waals surface area contributed by atoms with E-state index in [1.807, 2.05) is 6.07 Å². The quantitative estimate of drug-likeness (QED) is 0.799. The van der Waals surface area contributed by atoms with E-state index in [-0.39, 0.29) is 12.1 Å². The number of nitrogens with one attached hydrogen (secondary N) is 1. The summed E-state index contributed by atoms with van der Waals surface area (Å²) < 4.78 is 12.9. The zero-order valence-corrected chi connectivity index (χ0v) is 8.91. The fourth-order valence-corrected chi connectivity index (χ4v) is 2.10. The second kappa shape index (κ2) is 4.50. The summed E-state index contributed by atoms with van der Waals surface area (Å²) in [7, 11) is 0. The normalized spacial score (nSPS) is 24.1. The Balaban J connectivity index is 2.18. The van der Waals surface area contributed by atoms with Gasteiger partial charge in [0.05, 0.1) is 11.3 Å². The first kappa shape index (κ1) is 10.9. The Hall–Kier alpha value is -1.60. The summed E-state index contributed by atoms with van der Waals surface area (Å²) in [6.45, 7) is 0. The van der Waals surface area contributed by atoms with Crippen LogP contribution in [0.1, 0.15) is 24.8 Å². The molecule has 0 amide bonds. The zero-order chi connectivity index (χ0) is 11.5. The summed E-state index contributed by atoms with van der Waals surface area (Å²) in [6.07, 6.45) is 3.10. The lowest BCUT2D eigenvalue weighted by atomic mass is 10.1. The topological polar surface area (TPSA) is 61.8 Å². The highest BCUT2D eigenvalue weighted by molar-refractivity contribution is 5.58. The third-order valence-corrected chi connectivity index (χ3v) is 3.01. The summed E-state index contributed by atoms with van der Waals surface area (Å²) >= 11 is 0. The zero-order valence-electron chi connectivity index (χ0n) is 8.91. The number of hydrogen-bond acceptors (Lipinski definition) is 3. The maximum atomic E-state index is 12.9. The van der Waals surface area contributed by atoms with Gasteiger partial charge >= 0.3 is 0 Å². The van der Waals surface area contributed by atoms with Crippen LogP contribution in [0.4, 0.5) is 10.1 Å². The molecule has 1 aromatic rings. The van der Waals surface area contributed by atoms with Crippen LogP contribution >= 0.6 is 0 Å². The molecule has 1 aliphatic carbocycles. The van der Waals surface area contributed by atoms with Gasteiger partial charge in [-0.2, -0.15) is 5.26 Å². The summed E-state index contributed by atoms with van der Waals surface area (Å²) in [6, 6.07) is 6.48. The molecule has 16 heavy (non-hydrogen) atoms. The van der Waals surface area contributed by atoms with Crippen LogP contribution in [-0.2, 0) is 0 Å². The standard InChI is InChI=1S/C12H14FN3/c13-9-4-5-11(8(6-9)7-14)16-12-3-1-2-10(12)15/h4-6,10,12,16H,1-3,15H2. The van der Waals surface area contributed by atoms with E-state index >= 15 is 0 Å². The van der Waals surface area contributed by atoms with Gasteiger partial charge in [0.15, 0.2) is 0 Å². The van der Waals surface area contributed by atoms with E-state index in [4.69, 9.17) is 11.0 Å². The van der Waals surface area contributed by atoms with Crippen molar-refractivity contribution in [3.63, 3.8) is 0 Å². The van der Waals surface area contributed by atoms with Crippen molar-refractivity contribution in [1.82, 2.24) is 0 Å². The number of hydrogen-bond donors (Lipinski definition) is 2. The predicted molar refractivity (Wildman–Crippen MR) is 60.4 cm³/mol. The number of anilines is 1. The van der Waals surface area contributed by atoms with Crippen molar-refractivity contribution in [3.05, 3.63) is 29.6 Å². The van der Waals surface area contributed by atoms with Crippen LogP contribution in [0.25, 0.3) is 0 Å². The van der Waals surface area contributed by atoms with Gasteiger partial charge < -0.3 is 11.1 Å². The molecule has 0 aromatic heterocycles. The van der Waals surface area contributed by atoms with E-state index in [0.717, 1.165) is 19.3 Å². The van der Waals surface area contributed by atoms with E-state index in [1.54, 1.807) is 6.07 Å². The number of halogens is 1. The van der Waals surface area contributed by atoms with Crippen LogP contribution in [0, 0.1) is 17.1 Å². The Morgan fingerprint density at radius 3 is 2.88 bits per heavy atom. The lowest BCUT2D eigenvalue weighted by Gasteiger charge is -2.19. The molecule has 84 valence electrons. The first-order chi connectivity index (χ1) is 7.70. The second-order valence-electron chi connectivity index (χ2n) is 4.15. The number of benzene rings is 1. The average Bonchev–Trinajstić information content (AvgIpc) is 2.67. The van der Waals surface area contributed by atoms with Crippen molar-refractivity contribution < 1.29 is 4.39 Å². The molecule has 3 N–H and O–H groups in total. The first-order valence-corrected chi connectivity index (χ1v) is 5.42. The van der Waals surface area contributed by atoms with Gasteiger partial charge in [-0.1, -0.05) is 0 Å². The number of nitrogens with two attached hydrogens (primary N) is 1. The van der Waals surface area contributed by atoms with Crippen molar-refractivity contribution in [1.29, 1.82) is 5.26 Å². The van der Waals surface area contributed by atoms with Gasteiger partial charge in [0, 0.05) is 12.1 Å². The molecule has 0 saturated heterocycles. The Bertz CT molecular complexity index is 425. The molecule has 2 rings (SSSR count). The molecule has 3 nitrogen and oxygen atoms in total. The molecular formula is C12H14FN3. The van der Waals surface area contributed by atoms with Crippen LogP contribution in [-0.4, -0.2) is 12.1 Å². The molecule has 1 aliphatic rings. The third-order valence-electron chi connectivity index (χ3n) is 3.01. The Morgan fingerprint density at radius 2 is 2.25 bits per heavy atom. The van der Waals surface area contributed by atoms with Crippen LogP contribution < -0.4 is 11.1 Å². The molecule has 0 aliphatic heterocycles. The minimum atomic E-state index is -0.391. The molecule has 1 fully saturated rings. The van der Waals surface area contributed by atoms with Crippen molar-refractivity contribution in [2.45, 2.75) is 31.3 Å². The van der Waals surface area contributed by atoms with Gasteiger partial charge in [-0.3, -0.25) is 0 Å². The molecule has 2 atom stereocenters. The van der Waals surface area contributed by atoms with Gasteiger partial charge in [0.25, 0.3) is 0 Å². The number of nitriles is 1. The summed E-state index contributed by atoms with van der Waals surface area (Å²) in [5.41, 5.74) is 6.93. The first-order valence-electron chi connectivity index (χ1n) is 5.42. The Kier molecular flexibility index (Phi) is 3.07. The van der Waals surface area contributed by atoms with E-state index in [9.17, 15) is 4.39 Å². The monoisotopic (exact) mass is 219 g/mol. The maximum Gasteiger partial charge on any atom is 0.124 e. The van der Waals surface area contributed by atoms with Crippen LogP contribution in [0.2, 0.25) is 0 Å². The molecule has 1 saturated carbocycles. The smallest absolute Gasteiger partial charge is 0.124 e. The van der Waals surface area contributed by atoms with Crippen molar-refractivity contribution in [2.75, 3.05) is 5.32 Å². The Labute approximate surface area is 94.1 Å². The fraction of sp³-hybridized carbons (Fsp3) is 0.417. The molecular weight excluding hydrogens is 205 g/mol. The van der Waals surface area contributed by atoms with E-state index in [2.05, 4.69) is 5.32 Å². The molecule has 0 heterocycles. The second-order valence-corrected chi connectivity index (χ2v) is 4.15. The average molecular weight is 219 g/mol. The van der Waals surface area contributed by atoms with Gasteiger partial charge in [-0.25, -0.2) is 4.39 Å². The van der Waals surface area contributed by atoms with E-state index in [0.29, 0.717) is 11.3 Å². The predicted octanol–water partition coefficient (Wildman–Crippen LogP) is 1.99. The summed E-state index contributed by atoms with van der Waals surface area (Å²) in [4.78, 5) is 0. The van der Waals surface area contributed by atoms with Gasteiger partial charge in [-0.05, 0) is 37.5 Å². The minimum Gasteiger partial charge on any atom is -0.380 e. The molecule has 4 heteroatoms. The van der Waals surface area contributed by atoms with Crippen LogP contribution in [0.15, 0.2) is 18.2 Å². The molecule has 2 unspecified atom stereocenters. The Morgan fingerprint density at radius 1 is 1.44 bits per heavy atom. The van der Waals surface area contributed by atoms with Crippen LogP contribution in [0.5, 0.6) is 0 Å². The van der Waals surface area contributed by atoms with Gasteiger partial charge in [-0.15, -0.1) is 0 Å². The third kappa shape index (κ3) is 2.15. The number of rotatable bonds is 2. The molecule has 1 aromatic carbocycles. The van der Waals surface area contributed by atoms with Gasteiger partial charge in [0.2, 0.25) is 0 Å². The lowest BCUT2D eigenvalue weighted by Crippen LogP contribution is -2.35. The molecule has 0 spiro atoms. The summed E-state index contributed by atoms with van der Waals surface area (Å²) in [5.74, 6) is -0.391. The van der Waals surface area contributed by atoms with E-state index in [1.165, 1.54) is 12.1 Å². The largest absolute Gasteiger partial charge is 0.380 e. The van der Waals surface area contributed by atoms with Crippen molar-refractivity contribution in [2.24, 2.45) is 5.73 Å². The van der Waals surface area contributed by atoms with Crippen molar-refractivity contribution in [3.8, 4) is 6.07 Å². The highest BCUT2D eigenvalue weighted by atomic mass is 19.1. The molecule has 0 radical (unpaired) electrons. The van der Waals surface area contributed by atoms with E-state index < -0.39 is 5.82 Å². The maximum absolute atomic E-state index is 12.9. The SMILES string of the molecule is N#Cc1cc(F)ccc1NC1CCCC1N. The lowest BCUT2D eigenvalue weighted by molar-refractivity contribution is 0.624. The molecule has 0 bridgehead atoms. The van der Waals surface area contributed by atoms with Gasteiger partial charge in [0.1, 0.15) is 11.9 Å². The van der Waals surface area contributed by atoms with Crippen molar-refractivity contribution >= 4 is 5.69 Å². The fourth-order valence-electron chi connectivity index (χ4n) is 2.10. The van der Waals surface area contributed by atoms with Crippen LogP contribution in [0.3, 0.4) is 0 Å².